The van der Waals surface area contributed by atoms with Gasteiger partial charge in [0.05, 0.1) is 12.0 Å². The summed E-state index contributed by atoms with van der Waals surface area (Å²) in [6, 6.07) is 0. The van der Waals surface area contributed by atoms with E-state index in [0.29, 0.717) is 19.4 Å². The molecule has 0 radical (unpaired) electrons. The van der Waals surface area contributed by atoms with E-state index in [0.717, 1.165) is 0 Å². The predicted octanol–water partition coefficient (Wildman–Crippen LogP) is 1.37. The second-order valence-corrected chi connectivity index (χ2v) is 5.70. The molecule has 0 amide bonds. The van der Waals surface area contributed by atoms with Crippen molar-refractivity contribution < 1.29 is 29.0 Å². The number of cyclic esters (lactones) is 1. The van der Waals surface area contributed by atoms with Crippen LogP contribution in [-0.2, 0) is 23.9 Å². The van der Waals surface area contributed by atoms with E-state index in [1.54, 1.807) is 0 Å². The molecule has 1 rings (SSSR count). The second-order valence-electron chi connectivity index (χ2n) is 5.70. The van der Waals surface area contributed by atoms with Crippen LogP contribution in [0.25, 0.3) is 0 Å². The van der Waals surface area contributed by atoms with Crippen molar-refractivity contribution in [1.82, 2.24) is 0 Å². The number of carbonyl (C=O) groups excluding carboxylic acids is 2. The van der Waals surface area contributed by atoms with Crippen molar-refractivity contribution in [3.05, 3.63) is 0 Å². The second kappa shape index (κ2) is 5.59. The Morgan fingerprint density at radius 2 is 2.00 bits per heavy atom. The van der Waals surface area contributed by atoms with Gasteiger partial charge in [0.15, 0.2) is 6.61 Å². The third-order valence-electron chi connectivity index (χ3n) is 3.92. The smallest absolute Gasteiger partial charge is 0.341 e. The van der Waals surface area contributed by atoms with Gasteiger partial charge in [0.25, 0.3) is 0 Å². The van der Waals surface area contributed by atoms with Gasteiger partial charge in [0, 0.05) is 11.8 Å². The fourth-order valence-electron chi connectivity index (χ4n) is 2.08. The summed E-state index contributed by atoms with van der Waals surface area (Å²) in [7, 11) is 0. The summed E-state index contributed by atoms with van der Waals surface area (Å²) in [6.07, 6.45) is 1.08. The first-order valence-corrected chi connectivity index (χ1v) is 6.24. The highest BCUT2D eigenvalue weighted by Gasteiger charge is 2.53. The maximum atomic E-state index is 11.8. The van der Waals surface area contributed by atoms with Crippen molar-refractivity contribution in [3.8, 4) is 0 Å². The van der Waals surface area contributed by atoms with Crippen LogP contribution in [-0.4, -0.2) is 36.2 Å². The van der Waals surface area contributed by atoms with E-state index in [-0.39, 0.29) is 17.8 Å². The van der Waals surface area contributed by atoms with Crippen LogP contribution in [0.1, 0.15) is 40.0 Å². The van der Waals surface area contributed by atoms with E-state index in [2.05, 4.69) is 4.74 Å². The van der Waals surface area contributed by atoms with Crippen LogP contribution in [0, 0.1) is 10.8 Å². The van der Waals surface area contributed by atoms with Crippen molar-refractivity contribution in [3.63, 3.8) is 0 Å². The standard InChI is InChI=1S/C13H20O6/c1-12(2)8-19-11(17)13(12,3)6-4-5-10(16)18-7-9(14)15/h4-8H2,1-3H3,(H,14,15). The van der Waals surface area contributed by atoms with Gasteiger partial charge in [0.1, 0.15) is 0 Å². The van der Waals surface area contributed by atoms with Crippen molar-refractivity contribution >= 4 is 17.9 Å². The minimum absolute atomic E-state index is 0.103. The Balaban J connectivity index is 2.42. The van der Waals surface area contributed by atoms with Crippen LogP contribution in [0.4, 0.5) is 0 Å². The van der Waals surface area contributed by atoms with Crippen molar-refractivity contribution in [2.45, 2.75) is 40.0 Å². The number of esters is 2. The van der Waals surface area contributed by atoms with Gasteiger partial charge in [-0.1, -0.05) is 13.8 Å². The van der Waals surface area contributed by atoms with Crippen LogP contribution in [0.15, 0.2) is 0 Å². The molecule has 6 heteroatoms. The van der Waals surface area contributed by atoms with Crippen molar-refractivity contribution in [1.29, 1.82) is 0 Å². The van der Waals surface area contributed by atoms with Crippen LogP contribution < -0.4 is 0 Å². The van der Waals surface area contributed by atoms with E-state index in [1.807, 2.05) is 20.8 Å². The monoisotopic (exact) mass is 272 g/mol. The Morgan fingerprint density at radius 3 is 2.47 bits per heavy atom. The van der Waals surface area contributed by atoms with Gasteiger partial charge in [-0.3, -0.25) is 9.59 Å². The van der Waals surface area contributed by atoms with Crippen molar-refractivity contribution in [2.24, 2.45) is 10.8 Å². The highest BCUT2D eigenvalue weighted by Crippen LogP contribution is 2.48. The Bertz CT molecular complexity index is 387. The number of rotatable bonds is 6. The zero-order valence-electron chi connectivity index (χ0n) is 11.5. The van der Waals surface area contributed by atoms with Gasteiger partial charge in [-0.05, 0) is 19.8 Å². The summed E-state index contributed by atoms with van der Waals surface area (Å²) in [5.41, 5.74) is -0.880. The first-order valence-electron chi connectivity index (χ1n) is 6.24. The Morgan fingerprint density at radius 1 is 1.37 bits per heavy atom. The number of ether oxygens (including phenoxy) is 2. The molecular formula is C13H20O6. The van der Waals surface area contributed by atoms with Crippen LogP contribution in [0.3, 0.4) is 0 Å². The largest absolute Gasteiger partial charge is 0.479 e. The number of carboxylic acid groups (broad SMARTS) is 1. The van der Waals surface area contributed by atoms with E-state index in [9.17, 15) is 14.4 Å². The number of carboxylic acids is 1. The zero-order chi connectivity index (χ0) is 14.7. The van der Waals surface area contributed by atoms with E-state index >= 15 is 0 Å². The summed E-state index contributed by atoms with van der Waals surface area (Å²) >= 11 is 0. The molecule has 0 bridgehead atoms. The zero-order valence-corrected chi connectivity index (χ0v) is 11.5. The predicted molar refractivity (Wildman–Crippen MR) is 65.3 cm³/mol. The third-order valence-corrected chi connectivity index (χ3v) is 3.92. The summed E-state index contributed by atoms with van der Waals surface area (Å²) in [5, 5.41) is 8.37. The average molecular weight is 272 g/mol. The molecule has 1 unspecified atom stereocenters. The SMILES string of the molecule is CC1(C)COC(=O)C1(C)CCCC(=O)OCC(=O)O. The van der Waals surface area contributed by atoms with Gasteiger partial charge in [-0.25, -0.2) is 4.79 Å². The minimum Gasteiger partial charge on any atom is -0.479 e. The molecule has 0 aromatic heterocycles. The van der Waals surface area contributed by atoms with Crippen LogP contribution in [0.5, 0.6) is 0 Å². The summed E-state index contributed by atoms with van der Waals surface area (Å²) in [4.78, 5) is 33.3. The third kappa shape index (κ3) is 3.45. The fourth-order valence-corrected chi connectivity index (χ4v) is 2.08. The van der Waals surface area contributed by atoms with Gasteiger partial charge < -0.3 is 14.6 Å². The Hall–Kier alpha value is -1.59. The number of hydrogen-bond donors (Lipinski definition) is 1. The van der Waals surface area contributed by atoms with Gasteiger partial charge in [0.2, 0.25) is 0 Å². The van der Waals surface area contributed by atoms with Crippen LogP contribution in [0.2, 0.25) is 0 Å². The van der Waals surface area contributed by atoms with Crippen LogP contribution >= 0.6 is 0 Å². The van der Waals surface area contributed by atoms with Gasteiger partial charge >= 0.3 is 17.9 Å². The highest BCUT2D eigenvalue weighted by atomic mass is 16.6. The maximum Gasteiger partial charge on any atom is 0.341 e. The lowest BCUT2D eigenvalue weighted by Gasteiger charge is -2.32. The van der Waals surface area contributed by atoms with E-state index in [1.165, 1.54) is 0 Å². The maximum absolute atomic E-state index is 11.8. The average Bonchev–Trinajstić information content (AvgIpc) is 2.51. The molecule has 6 nitrogen and oxygen atoms in total. The molecule has 108 valence electrons. The quantitative estimate of drug-likeness (QED) is 0.734. The molecular weight excluding hydrogens is 252 g/mol. The van der Waals surface area contributed by atoms with Gasteiger partial charge in [-0.2, -0.15) is 0 Å². The number of hydrogen-bond acceptors (Lipinski definition) is 5. The van der Waals surface area contributed by atoms with E-state index < -0.39 is 24.0 Å². The molecule has 0 aliphatic carbocycles. The molecule has 19 heavy (non-hydrogen) atoms. The lowest BCUT2D eigenvalue weighted by atomic mass is 9.66. The normalized spacial score (nSPS) is 24.9. The summed E-state index contributed by atoms with van der Waals surface area (Å²) < 4.78 is 9.61. The molecule has 1 aliphatic rings. The molecule has 1 heterocycles. The fraction of sp³-hybridized carbons (Fsp3) is 0.769. The number of aliphatic carboxylic acids is 1. The first-order chi connectivity index (χ1) is 8.69. The molecule has 1 fully saturated rings. The molecule has 0 aromatic carbocycles. The molecule has 0 spiro atoms. The summed E-state index contributed by atoms with van der Waals surface area (Å²) in [6.45, 7) is 5.52. The summed E-state index contributed by atoms with van der Waals surface area (Å²) in [5.74, 6) is -1.98. The topological polar surface area (TPSA) is 89.9 Å². The molecule has 1 aliphatic heterocycles. The molecule has 1 saturated heterocycles. The molecule has 1 N–H and O–H groups in total. The lowest BCUT2D eigenvalue weighted by Crippen LogP contribution is -2.36. The molecule has 0 aromatic rings. The van der Waals surface area contributed by atoms with E-state index in [4.69, 9.17) is 9.84 Å². The Kier molecular flexibility index (Phi) is 4.55. The molecule has 1 atom stereocenters. The van der Waals surface area contributed by atoms with Crippen molar-refractivity contribution in [2.75, 3.05) is 13.2 Å². The minimum atomic E-state index is -1.18. The molecule has 0 saturated carbocycles. The Labute approximate surface area is 112 Å². The van der Waals surface area contributed by atoms with Gasteiger partial charge in [-0.15, -0.1) is 0 Å². The number of carbonyl (C=O) groups is 3. The first kappa shape index (κ1) is 15.5. The lowest BCUT2D eigenvalue weighted by molar-refractivity contribution is -0.155. The highest BCUT2D eigenvalue weighted by molar-refractivity contribution is 5.79.